The van der Waals surface area contributed by atoms with Crippen LogP contribution in [0.25, 0.3) is 0 Å². The van der Waals surface area contributed by atoms with Crippen LogP contribution in [0.1, 0.15) is 12.8 Å². The second-order valence-corrected chi connectivity index (χ2v) is 2.87. The molecule has 0 rings (SSSR count). The second kappa shape index (κ2) is 5.56. The Morgan fingerprint density at radius 2 is 2.40 bits per heavy atom. The number of carboxylic acid groups (broad SMARTS) is 1. The average Bonchev–Trinajstić information content (AvgIpc) is 1.85. The van der Waals surface area contributed by atoms with E-state index in [1.807, 2.05) is 7.05 Å². The molecule has 0 heterocycles. The fourth-order valence-corrected chi connectivity index (χ4v) is 0.939. The van der Waals surface area contributed by atoms with E-state index in [-0.39, 0.29) is 11.7 Å². The van der Waals surface area contributed by atoms with Gasteiger partial charge >= 0.3 is 5.97 Å². The summed E-state index contributed by atoms with van der Waals surface area (Å²) < 4.78 is 0. The van der Waals surface area contributed by atoms with Crippen molar-refractivity contribution in [2.45, 2.75) is 18.1 Å². The number of aliphatic carboxylic acids is 1. The van der Waals surface area contributed by atoms with Crippen LogP contribution in [0.15, 0.2) is 0 Å². The smallest absolute Gasteiger partial charge is 0.303 e. The van der Waals surface area contributed by atoms with E-state index in [9.17, 15) is 4.79 Å². The highest BCUT2D eigenvalue weighted by molar-refractivity contribution is 7.81. The first kappa shape index (κ1) is 9.78. The van der Waals surface area contributed by atoms with E-state index in [2.05, 4.69) is 17.9 Å². The highest BCUT2D eigenvalue weighted by Crippen LogP contribution is 2.02. The highest BCUT2D eigenvalue weighted by Gasteiger charge is 2.03. The summed E-state index contributed by atoms with van der Waals surface area (Å²) in [6.07, 6.45) is 0.829. The van der Waals surface area contributed by atoms with Gasteiger partial charge in [0.15, 0.2) is 0 Å². The number of hydrogen-bond acceptors (Lipinski definition) is 3. The monoisotopic (exact) mass is 163 g/mol. The molecule has 0 bridgehead atoms. The van der Waals surface area contributed by atoms with Gasteiger partial charge in [0, 0.05) is 18.2 Å². The SMILES string of the molecule is CNCC(S)CCC(=O)O. The molecule has 0 aromatic carbocycles. The van der Waals surface area contributed by atoms with Crippen molar-refractivity contribution in [3.05, 3.63) is 0 Å². The molecular weight excluding hydrogens is 150 g/mol. The molecule has 0 radical (unpaired) electrons. The largest absolute Gasteiger partial charge is 0.481 e. The molecule has 4 heteroatoms. The molecule has 0 fully saturated rings. The predicted molar refractivity (Wildman–Crippen MR) is 43.6 cm³/mol. The van der Waals surface area contributed by atoms with E-state index in [0.29, 0.717) is 6.42 Å². The highest BCUT2D eigenvalue weighted by atomic mass is 32.1. The first-order valence-electron chi connectivity index (χ1n) is 3.21. The van der Waals surface area contributed by atoms with E-state index < -0.39 is 5.97 Å². The van der Waals surface area contributed by atoms with Gasteiger partial charge in [0.1, 0.15) is 0 Å². The maximum absolute atomic E-state index is 10.1. The molecule has 1 atom stereocenters. The van der Waals surface area contributed by atoms with E-state index >= 15 is 0 Å². The Balaban J connectivity index is 3.21. The number of carboxylic acids is 1. The Kier molecular flexibility index (Phi) is 5.43. The van der Waals surface area contributed by atoms with Gasteiger partial charge in [-0.15, -0.1) is 0 Å². The number of carbonyl (C=O) groups is 1. The molecule has 0 aromatic rings. The van der Waals surface area contributed by atoms with Crippen molar-refractivity contribution < 1.29 is 9.90 Å². The molecule has 10 heavy (non-hydrogen) atoms. The molecule has 3 nitrogen and oxygen atoms in total. The predicted octanol–water partition coefficient (Wildman–Crippen LogP) is 0.369. The zero-order chi connectivity index (χ0) is 7.98. The first-order valence-corrected chi connectivity index (χ1v) is 3.73. The van der Waals surface area contributed by atoms with Crippen LogP contribution in [-0.4, -0.2) is 29.9 Å². The maximum atomic E-state index is 10.1. The van der Waals surface area contributed by atoms with Crippen LogP contribution in [0.4, 0.5) is 0 Å². The van der Waals surface area contributed by atoms with Crippen LogP contribution >= 0.6 is 12.6 Å². The molecule has 1 unspecified atom stereocenters. The van der Waals surface area contributed by atoms with E-state index in [1.165, 1.54) is 0 Å². The van der Waals surface area contributed by atoms with Crippen LogP contribution in [0.3, 0.4) is 0 Å². The summed E-state index contributed by atoms with van der Waals surface area (Å²) in [4.78, 5) is 10.1. The molecule has 0 aliphatic rings. The summed E-state index contributed by atoms with van der Waals surface area (Å²) in [6, 6.07) is 0. The third kappa shape index (κ3) is 5.91. The molecule has 0 aromatic heterocycles. The molecule has 60 valence electrons. The van der Waals surface area contributed by atoms with Gasteiger partial charge in [0.05, 0.1) is 0 Å². The molecule has 0 saturated heterocycles. The van der Waals surface area contributed by atoms with Crippen molar-refractivity contribution in [3.63, 3.8) is 0 Å². The molecular formula is C6H13NO2S. The maximum Gasteiger partial charge on any atom is 0.303 e. The Labute approximate surface area is 66.2 Å². The Morgan fingerprint density at radius 3 is 2.80 bits per heavy atom. The molecule has 2 N–H and O–H groups in total. The molecule has 0 spiro atoms. The normalized spacial score (nSPS) is 13.0. The van der Waals surface area contributed by atoms with Gasteiger partial charge < -0.3 is 10.4 Å². The van der Waals surface area contributed by atoms with Gasteiger partial charge in [0.25, 0.3) is 0 Å². The van der Waals surface area contributed by atoms with Crippen LogP contribution in [0, 0.1) is 0 Å². The minimum Gasteiger partial charge on any atom is -0.481 e. The lowest BCUT2D eigenvalue weighted by Gasteiger charge is -2.06. The van der Waals surface area contributed by atoms with Gasteiger partial charge in [-0.2, -0.15) is 12.6 Å². The quantitative estimate of drug-likeness (QED) is 0.513. The van der Waals surface area contributed by atoms with Crippen molar-refractivity contribution in [1.29, 1.82) is 0 Å². The zero-order valence-corrected chi connectivity index (χ0v) is 6.90. The fourth-order valence-electron chi connectivity index (χ4n) is 0.628. The van der Waals surface area contributed by atoms with Crippen molar-refractivity contribution in [1.82, 2.24) is 5.32 Å². The summed E-state index contributed by atoms with van der Waals surface area (Å²) in [5.74, 6) is -0.754. The van der Waals surface area contributed by atoms with Gasteiger partial charge in [-0.25, -0.2) is 0 Å². The first-order chi connectivity index (χ1) is 4.66. The molecule has 0 amide bonds. The van der Waals surface area contributed by atoms with Crippen LogP contribution in [0.5, 0.6) is 0 Å². The minimum atomic E-state index is -0.754. The van der Waals surface area contributed by atoms with Crippen LogP contribution in [-0.2, 0) is 4.79 Å². The van der Waals surface area contributed by atoms with Crippen molar-refractivity contribution in [2.24, 2.45) is 0 Å². The second-order valence-electron chi connectivity index (χ2n) is 2.14. The van der Waals surface area contributed by atoms with E-state index in [0.717, 1.165) is 6.54 Å². The van der Waals surface area contributed by atoms with Crippen molar-refractivity contribution >= 4 is 18.6 Å². The van der Waals surface area contributed by atoms with E-state index in [1.54, 1.807) is 0 Å². The van der Waals surface area contributed by atoms with Gasteiger partial charge in [-0.1, -0.05) is 0 Å². The fraction of sp³-hybridized carbons (Fsp3) is 0.833. The minimum absolute atomic E-state index is 0.154. The Bertz CT molecular complexity index is 108. The topological polar surface area (TPSA) is 49.3 Å². The third-order valence-electron chi connectivity index (χ3n) is 1.13. The summed E-state index contributed by atoms with van der Waals surface area (Å²) >= 11 is 4.16. The number of hydrogen-bond donors (Lipinski definition) is 3. The third-order valence-corrected chi connectivity index (χ3v) is 1.57. The van der Waals surface area contributed by atoms with Gasteiger partial charge in [-0.05, 0) is 13.5 Å². The summed E-state index contributed by atoms with van der Waals surface area (Å²) in [6.45, 7) is 0.760. The van der Waals surface area contributed by atoms with Crippen molar-refractivity contribution in [3.8, 4) is 0 Å². The Morgan fingerprint density at radius 1 is 1.80 bits per heavy atom. The summed E-state index contributed by atoms with van der Waals surface area (Å²) in [5.41, 5.74) is 0. The van der Waals surface area contributed by atoms with Crippen molar-refractivity contribution in [2.75, 3.05) is 13.6 Å². The Hall–Kier alpha value is -0.220. The lowest BCUT2D eigenvalue weighted by atomic mass is 10.2. The standard InChI is InChI=1S/C6H13NO2S/c1-7-4-5(10)2-3-6(8)9/h5,7,10H,2-4H2,1H3,(H,8,9). The van der Waals surface area contributed by atoms with Crippen LogP contribution < -0.4 is 5.32 Å². The summed E-state index contributed by atoms with van der Waals surface area (Å²) in [5, 5.41) is 11.4. The lowest BCUT2D eigenvalue weighted by Crippen LogP contribution is -2.19. The molecule has 0 saturated carbocycles. The number of thiol groups is 1. The van der Waals surface area contributed by atoms with E-state index in [4.69, 9.17) is 5.11 Å². The van der Waals surface area contributed by atoms with Gasteiger partial charge in [-0.3, -0.25) is 4.79 Å². The zero-order valence-electron chi connectivity index (χ0n) is 6.00. The average molecular weight is 163 g/mol. The number of nitrogens with one attached hydrogen (secondary N) is 1. The number of rotatable bonds is 5. The summed E-state index contributed by atoms with van der Waals surface area (Å²) in [7, 11) is 1.82. The molecule has 0 aliphatic carbocycles. The molecule has 0 aliphatic heterocycles. The van der Waals surface area contributed by atoms with Crippen LogP contribution in [0.2, 0.25) is 0 Å². The lowest BCUT2D eigenvalue weighted by molar-refractivity contribution is -0.137. The van der Waals surface area contributed by atoms with Gasteiger partial charge in [0.2, 0.25) is 0 Å².